The van der Waals surface area contributed by atoms with Crippen LogP contribution in [-0.2, 0) is 6.42 Å². The molecule has 0 unspecified atom stereocenters. The van der Waals surface area contributed by atoms with Crippen molar-refractivity contribution in [1.29, 1.82) is 0 Å². The zero-order chi connectivity index (χ0) is 15.9. The molecule has 0 aliphatic carbocycles. The quantitative estimate of drug-likeness (QED) is 0.861. The fraction of sp³-hybridized carbons (Fsp3) is 0.412. The average Bonchev–Trinajstić information content (AvgIpc) is 2.87. The number of rotatable bonds is 6. The highest BCUT2D eigenvalue weighted by Gasteiger charge is 2.11. The molecule has 0 fully saturated rings. The van der Waals surface area contributed by atoms with Crippen LogP contribution in [0.25, 0.3) is 11.5 Å². The van der Waals surface area contributed by atoms with Crippen molar-refractivity contribution in [2.24, 2.45) is 0 Å². The standard InChI is InChI=1S/C17H23N3O2/c1-4-10-18-17(21)19-11-9-15-13(3)22-16(20-15)14-7-5-12(2)6-8-14/h5-8H,4,9-11H2,1-3H3,(H2,18,19,21). The predicted octanol–water partition coefficient (Wildman–Crippen LogP) is 3.21. The predicted molar refractivity (Wildman–Crippen MR) is 86.8 cm³/mol. The lowest BCUT2D eigenvalue weighted by molar-refractivity contribution is 0.241. The van der Waals surface area contributed by atoms with Gasteiger partial charge >= 0.3 is 6.03 Å². The van der Waals surface area contributed by atoms with Crippen LogP contribution in [0.3, 0.4) is 0 Å². The molecule has 0 aliphatic rings. The molecule has 0 radical (unpaired) electrons. The first kappa shape index (κ1) is 16.1. The van der Waals surface area contributed by atoms with Gasteiger partial charge in [0.15, 0.2) is 0 Å². The monoisotopic (exact) mass is 301 g/mol. The summed E-state index contributed by atoms with van der Waals surface area (Å²) in [6, 6.07) is 7.94. The molecule has 2 aromatic rings. The van der Waals surface area contributed by atoms with Crippen molar-refractivity contribution in [3.63, 3.8) is 0 Å². The van der Waals surface area contributed by atoms with E-state index in [1.165, 1.54) is 5.56 Å². The van der Waals surface area contributed by atoms with E-state index in [1.54, 1.807) is 0 Å². The number of carbonyl (C=O) groups is 1. The Morgan fingerprint density at radius 3 is 2.50 bits per heavy atom. The number of urea groups is 1. The number of nitrogens with one attached hydrogen (secondary N) is 2. The lowest BCUT2D eigenvalue weighted by Crippen LogP contribution is -2.36. The summed E-state index contributed by atoms with van der Waals surface area (Å²) in [5.41, 5.74) is 3.05. The lowest BCUT2D eigenvalue weighted by Gasteiger charge is -2.05. The fourth-order valence-corrected chi connectivity index (χ4v) is 2.08. The van der Waals surface area contributed by atoms with Crippen molar-refractivity contribution in [3.8, 4) is 11.5 Å². The van der Waals surface area contributed by atoms with Crippen molar-refractivity contribution in [2.45, 2.75) is 33.6 Å². The third-order valence-electron chi connectivity index (χ3n) is 3.37. The van der Waals surface area contributed by atoms with Gasteiger partial charge in [0.05, 0.1) is 5.69 Å². The van der Waals surface area contributed by atoms with E-state index >= 15 is 0 Å². The van der Waals surface area contributed by atoms with E-state index < -0.39 is 0 Å². The fourth-order valence-electron chi connectivity index (χ4n) is 2.08. The Morgan fingerprint density at radius 2 is 1.82 bits per heavy atom. The minimum Gasteiger partial charge on any atom is -0.441 e. The zero-order valence-corrected chi connectivity index (χ0v) is 13.4. The SMILES string of the molecule is CCCNC(=O)NCCc1nc(-c2ccc(C)cc2)oc1C. The molecular weight excluding hydrogens is 278 g/mol. The van der Waals surface area contributed by atoms with Gasteiger partial charge in [-0.15, -0.1) is 0 Å². The summed E-state index contributed by atoms with van der Waals surface area (Å²) in [7, 11) is 0. The minimum atomic E-state index is -0.137. The maximum Gasteiger partial charge on any atom is 0.314 e. The minimum absolute atomic E-state index is 0.137. The van der Waals surface area contributed by atoms with E-state index in [1.807, 2.05) is 45.0 Å². The molecule has 0 aliphatic heterocycles. The first-order valence-corrected chi connectivity index (χ1v) is 7.65. The zero-order valence-electron chi connectivity index (χ0n) is 13.4. The second kappa shape index (κ2) is 7.64. The second-order valence-electron chi connectivity index (χ2n) is 5.32. The molecule has 22 heavy (non-hydrogen) atoms. The molecule has 1 heterocycles. The lowest BCUT2D eigenvalue weighted by atomic mass is 10.1. The molecule has 1 aromatic heterocycles. The Kier molecular flexibility index (Phi) is 5.58. The number of carbonyl (C=O) groups excluding carboxylic acids is 1. The second-order valence-corrected chi connectivity index (χ2v) is 5.32. The molecule has 2 amide bonds. The van der Waals surface area contributed by atoms with Gasteiger partial charge in [-0.3, -0.25) is 0 Å². The number of aryl methyl sites for hydroxylation is 2. The normalized spacial score (nSPS) is 10.5. The molecular formula is C17H23N3O2. The number of oxazole rings is 1. The molecule has 2 N–H and O–H groups in total. The molecule has 118 valence electrons. The molecule has 0 bridgehead atoms. The van der Waals surface area contributed by atoms with E-state index in [9.17, 15) is 4.79 Å². The third kappa shape index (κ3) is 4.35. The van der Waals surface area contributed by atoms with Crippen LogP contribution in [0.2, 0.25) is 0 Å². The summed E-state index contributed by atoms with van der Waals surface area (Å²) in [5, 5.41) is 5.59. The highest BCUT2D eigenvalue weighted by atomic mass is 16.4. The number of amides is 2. The van der Waals surface area contributed by atoms with Gasteiger partial charge < -0.3 is 15.1 Å². The van der Waals surface area contributed by atoms with E-state index in [2.05, 4.69) is 15.6 Å². The number of benzene rings is 1. The molecule has 2 rings (SSSR count). The number of hydrogen-bond acceptors (Lipinski definition) is 3. The van der Waals surface area contributed by atoms with E-state index in [0.717, 1.165) is 23.4 Å². The first-order chi connectivity index (χ1) is 10.6. The highest BCUT2D eigenvalue weighted by Crippen LogP contribution is 2.22. The number of nitrogens with zero attached hydrogens (tertiary/aromatic N) is 1. The van der Waals surface area contributed by atoms with Gasteiger partial charge in [0, 0.05) is 25.1 Å². The van der Waals surface area contributed by atoms with Crippen LogP contribution >= 0.6 is 0 Å². The Balaban J connectivity index is 1.93. The van der Waals surface area contributed by atoms with Crippen molar-refractivity contribution in [1.82, 2.24) is 15.6 Å². The average molecular weight is 301 g/mol. The summed E-state index contributed by atoms with van der Waals surface area (Å²) in [5.74, 6) is 1.43. The van der Waals surface area contributed by atoms with Gasteiger partial charge in [0.1, 0.15) is 5.76 Å². The summed E-state index contributed by atoms with van der Waals surface area (Å²) in [4.78, 5) is 16.0. The Bertz CT molecular complexity index is 617. The summed E-state index contributed by atoms with van der Waals surface area (Å²) in [6.45, 7) is 7.19. The maximum absolute atomic E-state index is 11.5. The molecule has 0 spiro atoms. The van der Waals surface area contributed by atoms with Crippen molar-refractivity contribution < 1.29 is 9.21 Å². The molecule has 1 aromatic carbocycles. The molecule has 0 atom stereocenters. The van der Waals surface area contributed by atoms with Crippen molar-refractivity contribution in [2.75, 3.05) is 13.1 Å². The van der Waals surface area contributed by atoms with E-state index in [4.69, 9.17) is 4.42 Å². The summed E-state index contributed by atoms with van der Waals surface area (Å²) in [6.07, 6.45) is 1.58. The molecule has 0 saturated carbocycles. The Morgan fingerprint density at radius 1 is 1.14 bits per heavy atom. The van der Waals surface area contributed by atoms with Crippen LogP contribution in [0.1, 0.15) is 30.4 Å². The van der Waals surface area contributed by atoms with Gasteiger partial charge in [0.25, 0.3) is 0 Å². The highest BCUT2D eigenvalue weighted by molar-refractivity contribution is 5.73. The van der Waals surface area contributed by atoms with E-state index in [0.29, 0.717) is 25.4 Å². The first-order valence-electron chi connectivity index (χ1n) is 7.65. The number of hydrogen-bond donors (Lipinski definition) is 2. The molecule has 5 heteroatoms. The van der Waals surface area contributed by atoms with Crippen LogP contribution in [-0.4, -0.2) is 24.1 Å². The smallest absolute Gasteiger partial charge is 0.314 e. The van der Waals surface area contributed by atoms with Crippen LogP contribution < -0.4 is 10.6 Å². The molecule has 5 nitrogen and oxygen atoms in total. The van der Waals surface area contributed by atoms with Gasteiger partial charge in [-0.25, -0.2) is 9.78 Å². The van der Waals surface area contributed by atoms with E-state index in [-0.39, 0.29) is 6.03 Å². The van der Waals surface area contributed by atoms with Gasteiger partial charge in [0.2, 0.25) is 5.89 Å². The van der Waals surface area contributed by atoms with Crippen LogP contribution in [0, 0.1) is 13.8 Å². The maximum atomic E-state index is 11.5. The van der Waals surface area contributed by atoms with Crippen molar-refractivity contribution in [3.05, 3.63) is 41.3 Å². The van der Waals surface area contributed by atoms with Crippen LogP contribution in [0.15, 0.2) is 28.7 Å². The van der Waals surface area contributed by atoms with Gasteiger partial charge in [-0.1, -0.05) is 24.6 Å². The Hall–Kier alpha value is -2.30. The number of aromatic nitrogens is 1. The Labute approximate surface area is 131 Å². The van der Waals surface area contributed by atoms with Crippen LogP contribution in [0.4, 0.5) is 4.79 Å². The van der Waals surface area contributed by atoms with Gasteiger partial charge in [-0.2, -0.15) is 0 Å². The largest absolute Gasteiger partial charge is 0.441 e. The topological polar surface area (TPSA) is 67.2 Å². The van der Waals surface area contributed by atoms with Gasteiger partial charge in [-0.05, 0) is 32.4 Å². The van der Waals surface area contributed by atoms with Crippen molar-refractivity contribution >= 4 is 6.03 Å². The summed E-state index contributed by atoms with van der Waals surface area (Å²) >= 11 is 0. The third-order valence-corrected chi connectivity index (χ3v) is 3.37. The summed E-state index contributed by atoms with van der Waals surface area (Å²) < 4.78 is 5.72. The molecule has 0 saturated heterocycles. The van der Waals surface area contributed by atoms with Crippen LogP contribution in [0.5, 0.6) is 0 Å².